The van der Waals surface area contributed by atoms with Crippen molar-refractivity contribution in [1.82, 2.24) is 4.98 Å². The van der Waals surface area contributed by atoms with Crippen LogP contribution in [0.1, 0.15) is 25.5 Å². The molecule has 1 heterocycles. The van der Waals surface area contributed by atoms with Crippen LogP contribution in [0.3, 0.4) is 0 Å². The number of benzene rings is 1. The molecular weight excluding hydrogens is 294 g/mol. The van der Waals surface area contributed by atoms with E-state index in [0.717, 1.165) is 28.6 Å². The monoisotopic (exact) mass is 307 g/mol. The molecule has 0 amide bonds. The molecule has 0 aliphatic rings. The van der Waals surface area contributed by atoms with Crippen molar-refractivity contribution >= 4 is 21.7 Å². The second-order valence-corrected chi connectivity index (χ2v) is 5.12. The van der Waals surface area contributed by atoms with E-state index in [1.165, 1.54) is 0 Å². The molecule has 0 unspecified atom stereocenters. The summed E-state index contributed by atoms with van der Waals surface area (Å²) in [6.45, 7) is 1.61. The van der Waals surface area contributed by atoms with E-state index in [9.17, 15) is 4.79 Å². The average molecular weight is 308 g/mol. The van der Waals surface area contributed by atoms with Gasteiger partial charge in [0.05, 0.1) is 5.69 Å². The summed E-state index contributed by atoms with van der Waals surface area (Å²) in [5.41, 5.74) is 1.85. The third kappa shape index (κ3) is 3.53. The first kappa shape index (κ1) is 13.0. The molecule has 0 saturated heterocycles. The molecule has 0 saturated carbocycles. The SMILES string of the molecule is CC(=O)CCCc1coc(-c2ccc(Br)cc2)n1. The second-order valence-electron chi connectivity index (χ2n) is 4.21. The molecule has 0 aliphatic heterocycles. The van der Waals surface area contributed by atoms with Gasteiger partial charge in [0, 0.05) is 16.5 Å². The highest BCUT2D eigenvalue weighted by atomic mass is 79.9. The standard InChI is InChI=1S/C14H14BrNO2/c1-10(17)3-2-4-13-9-18-14(16-13)11-5-7-12(15)8-6-11/h5-9H,2-4H2,1H3. The Morgan fingerprint density at radius 1 is 1.33 bits per heavy atom. The summed E-state index contributed by atoms with van der Waals surface area (Å²) >= 11 is 3.39. The smallest absolute Gasteiger partial charge is 0.226 e. The number of hydrogen-bond donors (Lipinski definition) is 0. The van der Waals surface area contributed by atoms with E-state index in [1.807, 2.05) is 24.3 Å². The van der Waals surface area contributed by atoms with Crippen LogP contribution in [0, 0.1) is 0 Å². The van der Waals surface area contributed by atoms with E-state index in [-0.39, 0.29) is 5.78 Å². The number of ketones is 1. The Hall–Kier alpha value is -1.42. The van der Waals surface area contributed by atoms with Gasteiger partial charge in [0.1, 0.15) is 12.0 Å². The molecule has 0 spiro atoms. The Morgan fingerprint density at radius 2 is 2.06 bits per heavy atom. The van der Waals surface area contributed by atoms with Crippen LogP contribution in [0.15, 0.2) is 39.4 Å². The van der Waals surface area contributed by atoms with Crippen LogP contribution in [0.25, 0.3) is 11.5 Å². The molecule has 0 aliphatic carbocycles. The van der Waals surface area contributed by atoms with Crippen molar-refractivity contribution < 1.29 is 9.21 Å². The first-order chi connectivity index (χ1) is 8.65. The van der Waals surface area contributed by atoms with E-state index in [2.05, 4.69) is 20.9 Å². The van der Waals surface area contributed by atoms with Crippen LogP contribution in [0.4, 0.5) is 0 Å². The lowest BCUT2D eigenvalue weighted by atomic mass is 10.1. The molecule has 0 atom stereocenters. The summed E-state index contributed by atoms with van der Waals surface area (Å²) < 4.78 is 6.46. The van der Waals surface area contributed by atoms with Gasteiger partial charge in [-0.2, -0.15) is 0 Å². The number of aromatic nitrogens is 1. The molecule has 18 heavy (non-hydrogen) atoms. The number of Topliss-reactive ketones (excluding diaryl/α,β-unsaturated/α-hetero) is 1. The van der Waals surface area contributed by atoms with Gasteiger partial charge in [-0.15, -0.1) is 0 Å². The molecular formula is C14H14BrNO2. The van der Waals surface area contributed by atoms with Gasteiger partial charge in [-0.25, -0.2) is 4.98 Å². The van der Waals surface area contributed by atoms with E-state index >= 15 is 0 Å². The van der Waals surface area contributed by atoms with Crippen molar-refractivity contribution in [2.24, 2.45) is 0 Å². The third-order valence-electron chi connectivity index (χ3n) is 2.60. The van der Waals surface area contributed by atoms with E-state index in [1.54, 1.807) is 13.2 Å². The number of aryl methyl sites for hydroxylation is 1. The number of hydrogen-bond acceptors (Lipinski definition) is 3. The molecule has 2 aromatic rings. The van der Waals surface area contributed by atoms with Crippen molar-refractivity contribution in [3.05, 3.63) is 40.7 Å². The van der Waals surface area contributed by atoms with Gasteiger partial charge in [0.15, 0.2) is 0 Å². The Kier molecular flexibility index (Phi) is 4.31. The fraction of sp³-hybridized carbons (Fsp3) is 0.286. The zero-order valence-corrected chi connectivity index (χ0v) is 11.7. The molecule has 1 aromatic heterocycles. The summed E-state index contributed by atoms with van der Waals surface area (Å²) in [4.78, 5) is 15.3. The fourth-order valence-electron chi connectivity index (χ4n) is 1.67. The lowest BCUT2D eigenvalue weighted by Gasteiger charge is -1.95. The molecule has 0 radical (unpaired) electrons. The highest BCUT2D eigenvalue weighted by molar-refractivity contribution is 9.10. The third-order valence-corrected chi connectivity index (χ3v) is 3.13. The zero-order chi connectivity index (χ0) is 13.0. The molecule has 94 valence electrons. The lowest BCUT2D eigenvalue weighted by Crippen LogP contribution is -1.92. The molecule has 0 bridgehead atoms. The van der Waals surface area contributed by atoms with Crippen LogP contribution >= 0.6 is 15.9 Å². The number of oxazole rings is 1. The number of carbonyl (C=O) groups excluding carboxylic acids is 1. The zero-order valence-electron chi connectivity index (χ0n) is 10.1. The predicted molar refractivity (Wildman–Crippen MR) is 73.3 cm³/mol. The van der Waals surface area contributed by atoms with E-state index in [4.69, 9.17) is 4.42 Å². The van der Waals surface area contributed by atoms with Gasteiger partial charge in [0.2, 0.25) is 5.89 Å². The Labute approximate surface area is 114 Å². The Balaban J connectivity index is 2.01. The van der Waals surface area contributed by atoms with Crippen molar-refractivity contribution in [3.63, 3.8) is 0 Å². The molecule has 4 heteroatoms. The summed E-state index contributed by atoms with van der Waals surface area (Å²) in [6, 6.07) is 7.81. The van der Waals surface area contributed by atoms with Crippen molar-refractivity contribution in [2.75, 3.05) is 0 Å². The first-order valence-corrected chi connectivity index (χ1v) is 6.64. The van der Waals surface area contributed by atoms with Gasteiger partial charge in [-0.3, -0.25) is 0 Å². The van der Waals surface area contributed by atoms with Crippen molar-refractivity contribution in [1.29, 1.82) is 0 Å². The maximum Gasteiger partial charge on any atom is 0.226 e. The number of rotatable bonds is 5. The topological polar surface area (TPSA) is 43.1 Å². The molecule has 3 nitrogen and oxygen atoms in total. The summed E-state index contributed by atoms with van der Waals surface area (Å²) in [7, 11) is 0. The number of nitrogens with zero attached hydrogens (tertiary/aromatic N) is 1. The number of carbonyl (C=O) groups is 1. The van der Waals surface area contributed by atoms with Gasteiger partial charge in [-0.1, -0.05) is 15.9 Å². The first-order valence-electron chi connectivity index (χ1n) is 5.85. The van der Waals surface area contributed by atoms with Gasteiger partial charge in [0.25, 0.3) is 0 Å². The normalized spacial score (nSPS) is 10.6. The molecule has 2 rings (SSSR count). The van der Waals surface area contributed by atoms with Gasteiger partial charge < -0.3 is 9.21 Å². The van der Waals surface area contributed by atoms with Crippen LogP contribution in [0.5, 0.6) is 0 Å². The summed E-state index contributed by atoms with van der Waals surface area (Å²) in [5, 5.41) is 0. The molecule has 0 fully saturated rings. The molecule has 0 N–H and O–H groups in total. The minimum Gasteiger partial charge on any atom is -0.444 e. The van der Waals surface area contributed by atoms with Crippen LogP contribution < -0.4 is 0 Å². The quantitative estimate of drug-likeness (QED) is 0.838. The largest absolute Gasteiger partial charge is 0.444 e. The van der Waals surface area contributed by atoms with Crippen molar-refractivity contribution in [3.8, 4) is 11.5 Å². The van der Waals surface area contributed by atoms with Gasteiger partial charge >= 0.3 is 0 Å². The maximum absolute atomic E-state index is 10.8. The predicted octanol–water partition coefficient (Wildman–Crippen LogP) is 4.02. The Bertz CT molecular complexity index is 531. The fourth-order valence-corrected chi connectivity index (χ4v) is 1.93. The highest BCUT2D eigenvalue weighted by Crippen LogP contribution is 2.21. The minimum atomic E-state index is 0.214. The minimum absolute atomic E-state index is 0.214. The Morgan fingerprint density at radius 3 is 2.72 bits per heavy atom. The van der Waals surface area contributed by atoms with E-state index < -0.39 is 0 Å². The summed E-state index contributed by atoms with van der Waals surface area (Å²) in [6.07, 6.45) is 3.86. The van der Waals surface area contributed by atoms with E-state index in [0.29, 0.717) is 12.3 Å². The van der Waals surface area contributed by atoms with Crippen LogP contribution in [-0.4, -0.2) is 10.8 Å². The lowest BCUT2D eigenvalue weighted by molar-refractivity contribution is -0.117. The average Bonchev–Trinajstić information content (AvgIpc) is 2.78. The van der Waals surface area contributed by atoms with Crippen LogP contribution in [-0.2, 0) is 11.2 Å². The van der Waals surface area contributed by atoms with Crippen molar-refractivity contribution in [2.45, 2.75) is 26.2 Å². The highest BCUT2D eigenvalue weighted by Gasteiger charge is 2.06. The van der Waals surface area contributed by atoms with Gasteiger partial charge in [-0.05, 0) is 44.0 Å². The maximum atomic E-state index is 10.8. The van der Waals surface area contributed by atoms with Crippen LogP contribution in [0.2, 0.25) is 0 Å². The second kappa shape index (κ2) is 5.96. The number of halogens is 1. The molecule has 1 aromatic carbocycles. The summed E-state index contributed by atoms with van der Waals surface area (Å²) in [5.74, 6) is 0.840.